The molecule has 15 heavy (non-hydrogen) atoms. The number of hydrogen-bond donors (Lipinski definition) is 0. The summed E-state index contributed by atoms with van der Waals surface area (Å²) in [5.41, 5.74) is -0.218. The monoisotopic (exact) mass is 225 g/mol. The van der Waals surface area contributed by atoms with E-state index in [1.165, 1.54) is 30.6 Å². The topological polar surface area (TPSA) is 39.2 Å². The van der Waals surface area contributed by atoms with Crippen molar-refractivity contribution in [2.75, 3.05) is 7.11 Å². The van der Waals surface area contributed by atoms with Crippen LogP contribution in [0.5, 0.6) is 0 Å². The lowest BCUT2D eigenvalue weighted by Crippen LogP contribution is -2.30. The summed E-state index contributed by atoms with van der Waals surface area (Å²) in [6.07, 6.45) is 8.19. The van der Waals surface area contributed by atoms with Crippen molar-refractivity contribution in [1.82, 2.24) is 4.98 Å². The molecule has 0 aliphatic heterocycles. The molecule has 1 saturated carbocycles. The van der Waals surface area contributed by atoms with E-state index in [0.717, 1.165) is 24.1 Å². The van der Waals surface area contributed by atoms with Crippen LogP contribution in [-0.2, 0) is 10.3 Å². The zero-order chi connectivity index (χ0) is 10.7. The molecule has 0 N–H and O–H groups in total. The highest BCUT2D eigenvalue weighted by Crippen LogP contribution is 2.41. The molecular weight excluding hydrogens is 210 g/mol. The Hall–Kier alpha value is -0.740. The van der Waals surface area contributed by atoms with E-state index in [1.807, 2.05) is 0 Å². The van der Waals surface area contributed by atoms with Crippen LogP contribution in [0.2, 0.25) is 0 Å². The number of carbonyl (C=O) groups is 1. The van der Waals surface area contributed by atoms with Crippen molar-refractivity contribution >= 4 is 17.6 Å². The number of rotatable bonds is 3. The van der Waals surface area contributed by atoms with Crippen molar-refractivity contribution in [3.63, 3.8) is 0 Å². The molecule has 1 fully saturated rings. The van der Waals surface area contributed by atoms with Crippen LogP contribution in [0.3, 0.4) is 0 Å². The number of nitrogens with zero attached hydrogens (tertiary/aromatic N) is 1. The molecule has 0 radical (unpaired) electrons. The molecule has 0 amide bonds. The number of carbonyl (C=O) groups excluding carboxylic acids is 1. The van der Waals surface area contributed by atoms with Gasteiger partial charge in [0, 0.05) is 13.3 Å². The summed E-state index contributed by atoms with van der Waals surface area (Å²) in [5.74, 6) is 0. The fraction of sp³-hybridized carbons (Fsp3) is 0.636. The van der Waals surface area contributed by atoms with Gasteiger partial charge in [0.2, 0.25) is 0 Å². The van der Waals surface area contributed by atoms with Gasteiger partial charge in [-0.05, 0) is 12.8 Å². The first kappa shape index (κ1) is 10.8. The SMILES string of the molecule is COC1(c2ncc(C=O)s2)CCCCC1. The number of hydrogen-bond acceptors (Lipinski definition) is 4. The fourth-order valence-corrected chi connectivity index (χ4v) is 3.14. The molecule has 0 bridgehead atoms. The second kappa shape index (κ2) is 4.41. The maximum absolute atomic E-state index is 10.6. The number of aldehydes is 1. The Kier molecular flexibility index (Phi) is 3.17. The van der Waals surface area contributed by atoms with Crippen LogP contribution < -0.4 is 0 Å². The van der Waals surface area contributed by atoms with E-state index < -0.39 is 0 Å². The molecule has 82 valence electrons. The van der Waals surface area contributed by atoms with E-state index in [0.29, 0.717) is 4.88 Å². The second-order valence-electron chi connectivity index (χ2n) is 3.94. The predicted octanol–water partition coefficient (Wildman–Crippen LogP) is 2.76. The van der Waals surface area contributed by atoms with Crippen LogP contribution in [0, 0.1) is 0 Å². The highest BCUT2D eigenvalue weighted by atomic mass is 32.1. The van der Waals surface area contributed by atoms with Crippen molar-refractivity contribution in [1.29, 1.82) is 0 Å². The average molecular weight is 225 g/mol. The summed E-state index contributed by atoms with van der Waals surface area (Å²) in [7, 11) is 1.74. The third kappa shape index (κ3) is 1.96. The lowest BCUT2D eigenvalue weighted by atomic mass is 9.85. The number of methoxy groups -OCH3 is 1. The summed E-state index contributed by atoms with van der Waals surface area (Å²) in [6.45, 7) is 0. The van der Waals surface area contributed by atoms with Gasteiger partial charge in [-0.15, -0.1) is 11.3 Å². The van der Waals surface area contributed by atoms with Gasteiger partial charge in [0.1, 0.15) is 10.6 Å². The highest BCUT2D eigenvalue weighted by molar-refractivity contribution is 7.13. The second-order valence-corrected chi connectivity index (χ2v) is 5.01. The quantitative estimate of drug-likeness (QED) is 0.742. The van der Waals surface area contributed by atoms with Gasteiger partial charge in [-0.25, -0.2) is 4.98 Å². The van der Waals surface area contributed by atoms with E-state index in [2.05, 4.69) is 4.98 Å². The summed E-state index contributed by atoms with van der Waals surface area (Å²) in [5, 5.41) is 0.965. The minimum Gasteiger partial charge on any atom is -0.371 e. The molecule has 1 aromatic rings. The van der Waals surface area contributed by atoms with Crippen molar-refractivity contribution in [3.8, 4) is 0 Å². The van der Waals surface area contributed by atoms with Gasteiger partial charge in [-0.2, -0.15) is 0 Å². The minimum absolute atomic E-state index is 0.218. The highest BCUT2D eigenvalue weighted by Gasteiger charge is 2.36. The number of aromatic nitrogens is 1. The normalized spacial score (nSPS) is 20.1. The van der Waals surface area contributed by atoms with Gasteiger partial charge in [-0.3, -0.25) is 4.79 Å². The zero-order valence-electron chi connectivity index (χ0n) is 8.86. The number of thiazole rings is 1. The molecule has 0 saturated heterocycles. The molecule has 3 nitrogen and oxygen atoms in total. The Balaban J connectivity index is 2.27. The smallest absolute Gasteiger partial charge is 0.161 e. The van der Waals surface area contributed by atoms with Gasteiger partial charge in [0.05, 0.1) is 4.88 Å². The first-order valence-corrected chi connectivity index (χ1v) is 6.09. The summed E-state index contributed by atoms with van der Waals surface area (Å²) in [4.78, 5) is 15.6. The van der Waals surface area contributed by atoms with Crippen molar-refractivity contribution in [2.24, 2.45) is 0 Å². The largest absolute Gasteiger partial charge is 0.371 e. The Bertz CT molecular complexity index is 342. The van der Waals surface area contributed by atoms with Crippen molar-refractivity contribution < 1.29 is 9.53 Å². The lowest BCUT2D eigenvalue weighted by molar-refractivity contribution is -0.0446. The molecule has 1 aliphatic carbocycles. The average Bonchev–Trinajstić information content (AvgIpc) is 2.79. The molecule has 0 atom stereocenters. The van der Waals surface area contributed by atoms with E-state index in [4.69, 9.17) is 4.74 Å². The Morgan fingerprint density at radius 2 is 2.20 bits per heavy atom. The first-order chi connectivity index (χ1) is 7.30. The lowest BCUT2D eigenvalue weighted by Gasteiger charge is -2.33. The van der Waals surface area contributed by atoms with E-state index in [-0.39, 0.29) is 5.60 Å². The molecule has 1 aromatic heterocycles. The Morgan fingerprint density at radius 1 is 1.47 bits per heavy atom. The van der Waals surface area contributed by atoms with Gasteiger partial charge >= 0.3 is 0 Å². The molecule has 0 spiro atoms. The van der Waals surface area contributed by atoms with E-state index >= 15 is 0 Å². The van der Waals surface area contributed by atoms with Gasteiger partial charge in [0.15, 0.2) is 6.29 Å². The molecule has 1 heterocycles. The van der Waals surface area contributed by atoms with Gasteiger partial charge < -0.3 is 4.74 Å². The maximum Gasteiger partial charge on any atom is 0.161 e. The summed E-state index contributed by atoms with van der Waals surface area (Å²) >= 11 is 1.46. The van der Waals surface area contributed by atoms with Crippen molar-refractivity contribution in [3.05, 3.63) is 16.1 Å². The molecule has 2 rings (SSSR count). The number of ether oxygens (including phenoxy) is 1. The standard InChI is InChI=1S/C11H15NO2S/c1-14-11(5-3-2-4-6-11)10-12-7-9(8-13)15-10/h7-8H,2-6H2,1H3. The first-order valence-electron chi connectivity index (χ1n) is 5.27. The molecular formula is C11H15NO2S. The molecule has 1 aliphatic rings. The van der Waals surface area contributed by atoms with Crippen LogP contribution >= 0.6 is 11.3 Å². The Morgan fingerprint density at radius 3 is 2.73 bits per heavy atom. The minimum atomic E-state index is -0.218. The van der Waals surface area contributed by atoms with Crippen LogP contribution in [0.25, 0.3) is 0 Å². The summed E-state index contributed by atoms with van der Waals surface area (Å²) in [6, 6.07) is 0. The van der Waals surface area contributed by atoms with Crippen LogP contribution in [0.15, 0.2) is 6.20 Å². The summed E-state index contributed by atoms with van der Waals surface area (Å²) < 4.78 is 5.65. The molecule has 0 unspecified atom stereocenters. The third-order valence-electron chi connectivity index (χ3n) is 3.08. The van der Waals surface area contributed by atoms with Crippen molar-refractivity contribution in [2.45, 2.75) is 37.7 Å². The van der Waals surface area contributed by atoms with Gasteiger partial charge in [0.25, 0.3) is 0 Å². The van der Waals surface area contributed by atoms with Crippen LogP contribution in [-0.4, -0.2) is 18.4 Å². The third-order valence-corrected chi connectivity index (χ3v) is 4.19. The fourth-order valence-electron chi connectivity index (χ4n) is 2.18. The maximum atomic E-state index is 10.6. The van der Waals surface area contributed by atoms with Crippen LogP contribution in [0.1, 0.15) is 46.8 Å². The van der Waals surface area contributed by atoms with Crippen LogP contribution in [0.4, 0.5) is 0 Å². The predicted molar refractivity (Wildman–Crippen MR) is 59.3 cm³/mol. The van der Waals surface area contributed by atoms with E-state index in [9.17, 15) is 4.79 Å². The zero-order valence-corrected chi connectivity index (χ0v) is 9.68. The molecule has 0 aromatic carbocycles. The van der Waals surface area contributed by atoms with E-state index in [1.54, 1.807) is 13.3 Å². The Labute approximate surface area is 93.5 Å². The van der Waals surface area contributed by atoms with Gasteiger partial charge in [-0.1, -0.05) is 19.3 Å². The molecule has 4 heteroatoms.